The minimum Gasteiger partial charge on any atom is -0.431 e. The number of H-pyrrole nitrogens is 1. The number of rotatable bonds is 4. The molecular weight excluding hydrogens is 368 g/mol. The SMILES string of the molecule is O=C(Nc1cnccc1N1CCNCC1)c1cnc(-c2c[nH]c3ccccc23)o1. The maximum absolute atomic E-state index is 12.8. The predicted molar refractivity (Wildman–Crippen MR) is 111 cm³/mol. The van der Waals surface area contributed by atoms with Gasteiger partial charge in [-0.15, -0.1) is 0 Å². The number of hydrogen-bond donors (Lipinski definition) is 3. The summed E-state index contributed by atoms with van der Waals surface area (Å²) in [5, 5.41) is 7.24. The molecule has 8 nitrogen and oxygen atoms in total. The second-order valence-electron chi connectivity index (χ2n) is 6.86. The number of nitrogens with one attached hydrogen (secondary N) is 3. The molecule has 1 aliphatic heterocycles. The molecule has 0 saturated carbocycles. The predicted octanol–water partition coefficient (Wildman–Crippen LogP) is 2.88. The Hall–Kier alpha value is -3.65. The molecule has 4 heterocycles. The van der Waals surface area contributed by atoms with E-state index >= 15 is 0 Å². The Morgan fingerprint density at radius 1 is 1.14 bits per heavy atom. The molecule has 1 fully saturated rings. The molecule has 3 aromatic heterocycles. The zero-order chi connectivity index (χ0) is 19.6. The number of benzene rings is 1. The molecule has 0 radical (unpaired) electrons. The van der Waals surface area contributed by atoms with Gasteiger partial charge in [-0.1, -0.05) is 18.2 Å². The fourth-order valence-corrected chi connectivity index (χ4v) is 3.60. The van der Waals surface area contributed by atoms with Crippen molar-refractivity contribution < 1.29 is 9.21 Å². The van der Waals surface area contributed by atoms with Crippen LogP contribution >= 0.6 is 0 Å². The van der Waals surface area contributed by atoms with Gasteiger partial charge in [0.15, 0.2) is 0 Å². The summed E-state index contributed by atoms with van der Waals surface area (Å²) in [5.74, 6) is 0.203. The molecule has 146 valence electrons. The Labute approximate surface area is 167 Å². The van der Waals surface area contributed by atoms with E-state index in [1.54, 1.807) is 12.4 Å². The van der Waals surface area contributed by atoms with Crippen LogP contribution in [0.1, 0.15) is 10.6 Å². The molecule has 0 bridgehead atoms. The highest BCUT2D eigenvalue weighted by molar-refractivity contribution is 6.04. The second kappa shape index (κ2) is 7.40. The van der Waals surface area contributed by atoms with Crippen molar-refractivity contribution in [3.63, 3.8) is 0 Å². The maximum Gasteiger partial charge on any atom is 0.293 e. The number of hydrogen-bond acceptors (Lipinski definition) is 6. The summed E-state index contributed by atoms with van der Waals surface area (Å²) in [6.45, 7) is 3.57. The van der Waals surface area contributed by atoms with Crippen molar-refractivity contribution in [2.45, 2.75) is 0 Å². The van der Waals surface area contributed by atoms with E-state index in [2.05, 4.69) is 30.5 Å². The van der Waals surface area contributed by atoms with Crippen molar-refractivity contribution >= 4 is 28.2 Å². The lowest BCUT2D eigenvalue weighted by Crippen LogP contribution is -2.43. The van der Waals surface area contributed by atoms with Gasteiger partial charge in [-0.2, -0.15) is 0 Å². The van der Waals surface area contributed by atoms with Crippen LogP contribution in [0.3, 0.4) is 0 Å². The van der Waals surface area contributed by atoms with Crippen molar-refractivity contribution in [2.75, 3.05) is 36.4 Å². The molecule has 1 aliphatic rings. The van der Waals surface area contributed by atoms with Gasteiger partial charge in [-0.25, -0.2) is 4.98 Å². The molecule has 1 saturated heterocycles. The number of aromatic nitrogens is 3. The highest BCUT2D eigenvalue weighted by Crippen LogP contribution is 2.29. The van der Waals surface area contributed by atoms with E-state index in [1.165, 1.54) is 6.20 Å². The first-order valence-corrected chi connectivity index (χ1v) is 9.53. The summed E-state index contributed by atoms with van der Waals surface area (Å²) in [7, 11) is 0. The third-order valence-electron chi connectivity index (χ3n) is 5.05. The number of anilines is 2. The number of carbonyl (C=O) groups is 1. The van der Waals surface area contributed by atoms with Gasteiger partial charge < -0.3 is 24.9 Å². The summed E-state index contributed by atoms with van der Waals surface area (Å²) in [6, 6.07) is 9.80. The molecule has 0 aliphatic carbocycles. The van der Waals surface area contributed by atoms with Gasteiger partial charge in [-0.05, 0) is 12.1 Å². The number of aromatic amines is 1. The zero-order valence-corrected chi connectivity index (χ0v) is 15.7. The van der Waals surface area contributed by atoms with Gasteiger partial charge in [0.1, 0.15) is 0 Å². The van der Waals surface area contributed by atoms with Gasteiger partial charge in [0.25, 0.3) is 5.91 Å². The number of carbonyl (C=O) groups excluding carboxylic acids is 1. The molecule has 0 atom stereocenters. The Kier molecular flexibility index (Phi) is 4.45. The van der Waals surface area contributed by atoms with Crippen LogP contribution in [0, 0.1) is 0 Å². The summed E-state index contributed by atoms with van der Waals surface area (Å²) in [6.07, 6.45) is 6.68. The molecule has 29 heavy (non-hydrogen) atoms. The molecule has 0 spiro atoms. The van der Waals surface area contributed by atoms with Crippen LogP contribution in [0.2, 0.25) is 0 Å². The van der Waals surface area contributed by atoms with Crippen molar-refractivity contribution in [3.05, 3.63) is 60.9 Å². The molecule has 5 rings (SSSR count). The third-order valence-corrected chi connectivity index (χ3v) is 5.05. The molecule has 1 aromatic carbocycles. The van der Waals surface area contributed by atoms with Crippen LogP contribution in [0.15, 0.2) is 59.5 Å². The molecule has 8 heteroatoms. The third kappa shape index (κ3) is 3.34. The number of pyridine rings is 1. The van der Waals surface area contributed by atoms with Crippen molar-refractivity contribution in [3.8, 4) is 11.5 Å². The van der Waals surface area contributed by atoms with Crippen LogP contribution in [0.5, 0.6) is 0 Å². The van der Waals surface area contributed by atoms with Gasteiger partial charge in [0, 0.05) is 49.5 Å². The van der Waals surface area contributed by atoms with Crippen molar-refractivity contribution in [2.24, 2.45) is 0 Å². The molecule has 0 unspecified atom stereocenters. The van der Waals surface area contributed by atoms with Gasteiger partial charge in [0.2, 0.25) is 11.7 Å². The lowest BCUT2D eigenvalue weighted by Gasteiger charge is -2.30. The van der Waals surface area contributed by atoms with Crippen molar-refractivity contribution in [1.29, 1.82) is 0 Å². The number of para-hydroxylation sites is 1. The first-order valence-electron chi connectivity index (χ1n) is 9.53. The average Bonchev–Trinajstić information content (AvgIpc) is 3.42. The van der Waals surface area contributed by atoms with Crippen LogP contribution in [0.4, 0.5) is 11.4 Å². The van der Waals surface area contributed by atoms with Crippen LogP contribution in [0.25, 0.3) is 22.4 Å². The quantitative estimate of drug-likeness (QED) is 0.497. The highest BCUT2D eigenvalue weighted by Gasteiger charge is 2.19. The normalized spacial score (nSPS) is 14.3. The monoisotopic (exact) mass is 388 g/mol. The smallest absolute Gasteiger partial charge is 0.293 e. The summed E-state index contributed by atoms with van der Waals surface area (Å²) < 4.78 is 5.77. The minimum absolute atomic E-state index is 0.153. The van der Waals surface area contributed by atoms with E-state index in [9.17, 15) is 4.79 Å². The minimum atomic E-state index is -0.354. The highest BCUT2D eigenvalue weighted by atomic mass is 16.4. The fourth-order valence-electron chi connectivity index (χ4n) is 3.60. The summed E-state index contributed by atoms with van der Waals surface area (Å²) in [4.78, 5) is 26.7. The number of amides is 1. The second-order valence-corrected chi connectivity index (χ2v) is 6.86. The van der Waals surface area contributed by atoms with E-state index in [1.807, 2.05) is 36.5 Å². The topological polar surface area (TPSA) is 99.1 Å². The Morgan fingerprint density at radius 2 is 2.00 bits per heavy atom. The maximum atomic E-state index is 12.8. The zero-order valence-electron chi connectivity index (χ0n) is 15.7. The molecule has 1 amide bonds. The average molecular weight is 388 g/mol. The first kappa shape index (κ1) is 17.4. The van der Waals surface area contributed by atoms with E-state index in [0.717, 1.165) is 48.3 Å². The van der Waals surface area contributed by atoms with E-state index < -0.39 is 0 Å². The standard InChI is InChI=1S/C21H20N6O2/c28-20(26-17-12-23-6-5-18(17)27-9-7-22-8-10-27)19-13-25-21(29-19)15-11-24-16-4-2-1-3-14(15)16/h1-6,11-13,22,24H,7-10H2,(H,26,28). The molecule has 4 aromatic rings. The Balaban J connectivity index is 1.39. The van der Waals surface area contributed by atoms with Crippen LogP contribution in [-0.4, -0.2) is 47.0 Å². The lowest BCUT2D eigenvalue weighted by atomic mass is 10.2. The first-order chi connectivity index (χ1) is 14.3. The fraction of sp³-hybridized carbons (Fsp3) is 0.190. The van der Waals surface area contributed by atoms with E-state index in [4.69, 9.17) is 4.42 Å². The summed E-state index contributed by atoms with van der Waals surface area (Å²) in [5.41, 5.74) is 3.42. The number of fused-ring (bicyclic) bond motifs is 1. The van der Waals surface area contributed by atoms with Gasteiger partial charge in [-0.3, -0.25) is 9.78 Å². The van der Waals surface area contributed by atoms with Gasteiger partial charge in [0.05, 0.1) is 29.3 Å². The van der Waals surface area contributed by atoms with Crippen molar-refractivity contribution in [1.82, 2.24) is 20.3 Å². The van der Waals surface area contributed by atoms with Crippen LogP contribution in [-0.2, 0) is 0 Å². The number of nitrogens with zero attached hydrogens (tertiary/aromatic N) is 3. The van der Waals surface area contributed by atoms with Gasteiger partial charge >= 0.3 is 0 Å². The Bertz CT molecular complexity index is 1160. The molecule has 3 N–H and O–H groups in total. The molecular formula is C21H20N6O2. The van der Waals surface area contributed by atoms with E-state index in [0.29, 0.717) is 11.6 Å². The summed E-state index contributed by atoms with van der Waals surface area (Å²) >= 11 is 0. The number of piperazine rings is 1. The largest absolute Gasteiger partial charge is 0.431 e. The lowest BCUT2D eigenvalue weighted by molar-refractivity contribution is 0.0997. The van der Waals surface area contributed by atoms with Crippen LogP contribution < -0.4 is 15.5 Å². The number of oxazole rings is 1. The Morgan fingerprint density at radius 3 is 2.90 bits per heavy atom. The van der Waals surface area contributed by atoms with E-state index in [-0.39, 0.29) is 11.7 Å².